The second kappa shape index (κ2) is 10.1. The Hall–Kier alpha value is -2.42. The molecule has 1 heterocycles. The van der Waals surface area contributed by atoms with Crippen molar-refractivity contribution in [3.63, 3.8) is 0 Å². The van der Waals surface area contributed by atoms with Crippen molar-refractivity contribution in [2.45, 2.75) is 57.9 Å². The lowest BCUT2D eigenvalue weighted by Gasteiger charge is -2.22. The Labute approximate surface area is 179 Å². The average molecular weight is 437 g/mol. The van der Waals surface area contributed by atoms with Gasteiger partial charge in [-0.15, -0.1) is 4.40 Å². The van der Waals surface area contributed by atoms with Crippen molar-refractivity contribution < 1.29 is 18.0 Å². The monoisotopic (exact) mass is 436 g/mol. The van der Waals surface area contributed by atoms with Crippen LogP contribution in [0.2, 0.25) is 0 Å². The van der Waals surface area contributed by atoms with Gasteiger partial charge in [0.15, 0.2) is 0 Å². The lowest BCUT2D eigenvalue weighted by atomic mass is 10.0. The standard InChI is InChI=1S/C21H32N4O4S/c1-14(2)12-19(26)23-20(15(3)4)21(27)22-16-8-6-9-17(13-16)30(28,29)24-18-10-7-11-25(18)5/h6,8-9,13-15,20H,7,10-12H2,1-5H3,(H,22,27)(H,23,26). The second-order valence-electron chi connectivity index (χ2n) is 8.41. The van der Waals surface area contributed by atoms with Crippen molar-refractivity contribution in [3.05, 3.63) is 24.3 Å². The molecule has 1 aliphatic heterocycles. The van der Waals surface area contributed by atoms with E-state index >= 15 is 0 Å². The van der Waals surface area contributed by atoms with E-state index in [9.17, 15) is 18.0 Å². The summed E-state index contributed by atoms with van der Waals surface area (Å²) in [7, 11) is -2.06. The molecule has 1 atom stereocenters. The number of anilines is 1. The molecule has 2 amide bonds. The van der Waals surface area contributed by atoms with Gasteiger partial charge in [-0.05, 0) is 36.5 Å². The Morgan fingerprint density at radius 1 is 1.20 bits per heavy atom. The summed E-state index contributed by atoms with van der Waals surface area (Å²) in [5.74, 6) is 0.0166. The van der Waals surface area contributed by atoms with Gasteiger partial charge in [0.1, 0.15) is 11.9 Å². The first kappa shape index (κ1) is 23.9. The van der Waals surface area contributed by atoms with Crippen LogP contribution in [0.15, 0.2) is 33.6 Å². The number of carbonyl (C=O) groups excluding carboxylic acids is 2. The number of rotatable bonds is 8. The van der Waals surface area contributed by atoms with E-state index in [1.165, 1.54) is 12.1 Å². The van der Waals surface area contributed by atoms with Gasteiger partial charge in [0.25, 0.3) is 10.0 Å². The van der Waals surface area contributed by atoms with Gasteiger partial charge in [-0.2, -0.15) is 8.42 Å². The van der Waals surface area contributed by atoms with Crippen LogP contribution in [0.1, 0.15) is 47.0 Å². The van der Waals surface area contributed by atoms with Gasteiger partial charge < -0.3 is 15.5 Å². The highest BCUT2D eigenvalue weighted by Crippen LogP contribution is 2.20. The zero-order valence-corrected chi connectivity index (χ0v) is 19.1. The molecule has 2 rings (SSSR count). The van der Waals surface area contributed by atoms with E-state index in [1.54, 1.807) is 12.1 Å². The fourth-order valence-corrected chi connectivity index (χ4v) is 4.33. The minimum Gasteiger partial charge on any atom is -0.362 e. The summed E-state index contributed by atoms with van der Waals surface area (Å²) < 4.78 is 29.3. The molecule has 2 N–H and O–H groups in total. The van der Waals surface area contributed by atoms with Crippen LogP contribution in [0.5, 0.6) is 0 Å². The molecule has 0 spiro atoms. The van der Waals surface area contributed by atoms with E-state index in [0.29, 0.717) is 24.4 Å². The number of amidine groups is 1. The lowest BCUT2D eigenvalue weighted by Crippen LogP contribution is -2.47. The molecule has 1 aromatic carbocycles. The molecule has 0 aromatic heterocycles. The van der Waals surface area contributed by atoms with Gasteiger partial charge in [0, 0.05) is 32.1 Å². The molecule has 1 fully saturated rings. The third kappa shape index (κ3) is 6.55. The fourth-order valence-electron chi connectivity index (χ4n) is 3.19. The zero-order valence-electron chi connectivity index (χ0n) is 18.3. The van der Waals surface area contributed by atoms with Gasteiger partial charge in [-0.3, -0.25) is 9.59 Å². The van der Waals surface area contributed by atoms with Crippen molar-refractivity contribution in [1.82, 2.24) is 10.2 Å². The van der Waals surface area contributed by atoms with Crippen LogP contribution in [-0.2, 0) is 19.6 Å². The van der Waals surface area contributed by atoms with Crippen LogP contribution in [-0.4, -0.2) is 50.6 Å². The molecule has 0 radical (unpaired) electrons. The predicted molar refractivity (Wildman–Crippen MR) is 118 cm³/mol. The number of amides is 2. The molecule has 8 nitrogen and oxygen atoms in total. The van der Waals surface area contributed by atoms with E-state index in [4.69, 9.17) is 0 Å². The van der Waals surface area contributed by atoms with Crippen LogP contribution in [0, 0.1) is 11.8 Å². The van der Waals surface area contributed by atoms with E-state index < -0.39 is 22.0 Å². The highest BCUT2D eigenvalue weighted by atomic mass is 32.2. The number of likely N-dealkylation sites (tertiary alicyclic amines) is 1. The second-order valence-corrected chi connectivity index (χ2v) is 10.0. The normalized spacial score (nSPS) is 16.9. The third-order valence-electron chi connectivity index (χ3n) is 4.82. The minimum atomic E-state index is -3.88. The van der Waals surface area contributed by atoms with Crippen molar-refractivity contribution in [3.8, 4) is 0 Å². The summed E-state index contributed by atoms with van der Waals surface area (Å²) in [6.45, 7) is 8.33. The van der Waals surface area contributed by atoms with E-state index in [0.717, 1.165) is 13.0 Å². The number of hydrogen-bond donors (Lipinski definition) is 2. The van der Waals surface area contributed by atoms with E-state index in [1.807, 2.05) is 39.6 Å². The Kier molecular flexibility index (Phi) is 8.00. The molecule has 1 aromatic rings. The first-order valence-corrected chi connectivity index (χ1v) is 11.7. The van der Waals surface area contributed by atoms with Crippen molar-refractivity contribution in [2.24, 2.45) is 16.2 Å². The predicted octanol–water partition coefficient (Wildman–Crippen LogP) is 2.62. The molecule has 1 unspecified atom stereocenters. The molecule has 9 heteroatoms. The summed E-state index contributed by atoms with van der Waals surface area (Å²) in [4.78, 5) is 26.7. The molecule has 0 saturated carbocycles. The topological polar surface area (TPSA) is 108 Å². The number of carbonyl (C=O) groups is 2. The lowest BCUT2D eigenvalue weighted by molar-refractivity contribution is -0.127. The quantitative estimate of drug-likeness (QED) is 0.651. The maximum atomic E-state index is 12.7. The Morgan fingerprint density at radius 2 is 1.90 bits per heavy atom. The number of benzene rings is 1. The summed E-state index contributed by atoms with van der Waals surface area (Å²) in [6, 6.07) is 5.29. The molecular weight excluding hydrogens is 404 g/mol. The smallest absolute Gasteiger partial charge is 0.284 e. The van der Waals surface area contributed by atoms with Gasteiger partial charge in [-0.1, -0.05) is 33.8 Å². The molecule has 166 valence electrons. The van der Waals surface area contributed by atoms with Gasteiger partial charge in [0.2, 0.25) is 11.8 Å². The molecular formula is C21H32N4O4S. The van der Waals surface area contributed by atoms with Gasteiger partial charge >= 0.3 is 0 Å². The number of nitrogens with zero attached hydrogens (tertiary/aromatic N) is 2. The average Bonchev–Trinajstić information content (AvgIpc) is 3.03. The minimum absolute atomic E-state index is 0.0121. The molecule has 0 bridgehead atoms. The van der Waals surface area contributed by atoms with Crippen LogP contribution in [0.3, 0.4) is 0 Å². The largest absolute Gasteiger partial charge is 0.362 e. The highest BCUT2D eigenvalue weighted by Gasteiger charge is 2.25. The van der Waals surface area contributed by atoms with Crippen LogP contribution in [0.4, 0.5) is 5.69 Å². The van der Waals surface area contributed by atoms with Crippen LogP contribution >= 0.6 is 0 Å². The highest BCUT2D eigenvalue weighted by molar-refractivity contribution is 7.90. The van der Waals surface area contributed by atoms with E-state index in [2.05, 4.69) is 15.0 Å². The molecule has 0 aliphatic carbocycles. The van der Waals surface area contributed by atoms with Crippen LogP contribution < -0.4 is 10.6 Å². The maximum Gasteiger partial charge on any atom is 0.284 e. The third-order valence-corrected chi connectivity index (χ3v) is 6.12. The van der Waals surface area contributed by atoms with Crippen molar-refractivity contribution in [2.75, 3.05) is 18.9 Å². The van der Waals surface area contributed by atoms with Crippen LogP contribution in [0.25, 0.3) is 0 Å². The Morgan fingerprint density at radius 3 is 2.47 bits per heavy atom. The Bertz CT molecular complexity index is 909. The SMILES string of the molecule is CC(C)CC(=O)NC(C(=O)Nc1cccc(S(=O)(=O)N=C2CCCN2C)c1)C(C)C. The summed E-state index contributed by atoms with van der Waals surface area (Å²) in [5.41, 5.74) is 0.338. The van der Waals surface area contributed by atoms with Gasteiger partial charge in [-0.25, -0.2) is 0 Å². The Balaban J connectivity index is 2.16. The number of nitrogens with one attached hydrogen (secondary N) is 2. The number of sulfonamides is 1. The van der Waals surface area contributed by atoms with Gasteiger partial charge in [0.05, 0.1) is 4.90 Å². The molecule has 1 saturated heterocycles. The van der Waals surface area contributed by atoms with Crippen molar-refractivity contribution >= 4 is 33.4 Å². The molecule has 1 aliphatic rings. The fraction of sp³-hybridized carbons (Fsp3) is 0.571. The molecule has 30 heavy (non-hydrogen) atoms. The first-order chi connectivity index (χ1) is 14.0. The summed E-state index contributed by atoms with van der Waals surface area (Å²) in [6.07, 6.45) is 1.83. The zero-order chi connectivity index (χ0) is 22.5. The maximum absolute atomic E-state index is 12.7. The first-order valence-electron chi connectivity index (χ1n) is 10.2. The van der Waals surface area contributed by atoms with E-state index in [-0.39, 0.29) is 22.6 Å². The summed E-state index contributed by atoms with van der Waals surface area (Å²) in [5, 5.41) is 5.49. The van der Waals surface area contributed by atoms with Crippen molar-refractivity contribution in [1.29, 1.82) is 0 Å². The number of hydrogen-bond acceptors (Lipinski definition) is 4. The summed E-state index contributed by atoms with van der Waals surface area (Å²) >= 11 is 0.